The van der Waals surface area contributed by atoms with Gasteiger partial charge in [-0.2, -0.15) is 0 Å². The molecule has 1 aliphatic heterocycles. The van der Waals surface area contributed by atoms with Crippen LogP contribution in [0.5, 0.6) is 0 Å². The predicted molar refractivity (Wildman–Crippen MR) is 90.6 cm³/mol. The predicted octanol–water partition coefficient (Wildman–Crippen LogP) is 2.70. The summed E-state index contributed by atoms with van der Waals surface area (Å²) in [6.07, 6.45) is 5.57. The van der Waals surface area contributed by atoms with Gasteiger partial charge in [-0.25, -0.2) is 4.68 Å². The molecule has 0 amide bonds. The van der Waals surface area contributed by atoms with Crippen LogP contribution >= 0.6 is 0 Å². The van der Waals surface area contributed by atoms with E-state index in [1.165, 1.54) is 31.6 Å². The molecule has 1 unspecified atom stereocenters. The Morgan fingerprint density at radius 3 is 2.91 bits per heavy atom. The van der Waals surface area contributed by atoms with Gasteiger partial charge in [0.15, 0.2) is 0 Å². The van der Waals surface area contributed by atoms with E-state index in [9.17, 15) is 0 Å². The van der Waals surface area contributed by atoms with Crippen LogP contribution in [-0.4, -0.2) is 45.0 Å². The maximum atomic E-state index is 4.65. The standard InChI is InChI=1S/C18H21N5/c1-22-10-4-5-14(13-22)11-15-8-9-16(12-19-15)23-18-7-3-2-6-17(18)20-21-23/h2-3,6-9,12,14H,4-5,10-11,13H2,1H3. The van der Waals surface area contributed by atoms with Gasteiger partial charge in [0.1, 0.15) is 5.52 Å². The zero-order valence-electron chi connectivity index (χ0n) is 13.4. The number of benzene rings is 1. The van der Waals surface area contributed by atoms with Crippen LogP contribution in [0.1, 0.15) is 18.5 Å². The molecule has 0 spiro atoms. The molecule has 3 heterocycles. The molecular formula is C18H21N5. The van der Waals surface area contributed by atoms with E-state index in [1.807, 2.05) is 35.1 Å². The second-order valence-electron chi connectivity index (χ2n) is 6.47. The minimum Gasteiger partial charge on any atom is -0.306 e. The Hall–Kier alpha value is -2.27. The van der Waals surface area contributed by atoms with Gasteiger partial charge < -0.3 is 4.90 Å². The van der Waals surface area contributed by atoms with Gasteiger partial charge in [0.05, 0.1) is 17.4 Å². The maximum absolute atomic E-state index is 4.65. The van der Waals surface area contributed by atoms with E-state index >= 15 is 0 Å². The summed E-state index contributed by atoms with van der Waals surface area (Å²) in [6, 6.07) is 12.2. The SMILES string of the molecule is CN1CCCC(Cc2ccc(-n3nnc4ccccc43)cn2)C1. The van der Waals surface area contributed by atoms with Crippen molar-refractivity contribution in [3.63, 3.8) is 0 Å². The summed E-state index contributed by atoms with van der Waals surface area (Å²) < 4.78 is 1.85. The number of hydrogen-bond acceptors (Lipinski definition) is 4. The first-order chi connectivity index (χ1) is 11.3. The molecule has 1 saturated heterocycles. The molecule has 1 fully saturated rings. The highest BCUT2D eigenvalue weighted by Crippen LogP contribution is 2.20. The summed E-state index contributed by atoms with van der Waals surface area (Å²) in [5, 5.41) is 8.44. The van der Waals surface area contributed by atoms with E-state index in [0.29, 0.717) is 0 Å². The smallest absolute Gasteiger partial charge is 0.113 e. The van der Waals surface area contributed by atoms with Crippen LogP contribution in [0.2, 0.25) is 0 Å². The fraction of sp³-hybridized carbons (Fsp3) is 0.389. The third-order valence-electron chi connectivity index (χ3n) is 4.63. The lowest BCUT2D eigenvalue weighted by Gasteiger charge is -2.29. The molecule has 1 aromatic carbocycles. The van der Waals surface area contributed by atoms with Crippen LogP contribution in [0, 0.1) is 5.92 Å². The Balaban J connectivity index is 1.54. The van der Waals surface area contributed by atoms with Gasteiger partial charge in [-0.1, -0.05) is 17.3 Å². The van der Waals surface area contributed by atoms with Gasteiger partial charge in [-0.15, -0.1) is 5.10 Å². The second-order valence-corrected chi connectivity index (χ2v) is 6.47. The summed E-state index contributed by atoms with van der Waals surface area (Å²) >= 11 is 0. The van der Waals surface area contributed by atoms with Crippen molar-refractivity contribution < 1.29 is 0 Å². The average molecular weight is 307 g/mol. The van der Waals surface area contributed by atoms with Crippen LogP contribution in [0.3, 0.4) is 0 Å². The zero-order valence-corrected chi connectivity index (χ0v) is 13.4. The highest BCUT2D eigenvalue weighted by Gasteiger charge is 2.18. The van der Waals surface area contributed by atoms with E-state index in [1.54, 1.807) is 0 Å². The summed E-state index contributed by atoms with van der Waals surface area (Å²) in [7, 11) is 2.21. The van der Waals surface area contributed by atoms with Crippen molar-refractivity contribution in [1.29, 1.82) is 0 Å². The number of hydrogen-bond donors (Lipinski definition) is 0. The van der Waals surface area contributed by atoms with Crippen LogP contribution in [0.25, 0.3) is 16.7 Å². The second kappa shape index (κ2) is 6.08. The number of aromatic nitrogens is 4. The van der Waals surface area contributed by atoms with Gasteiger partial charge in [-0.05, 0) is 63.0 Å². The Labute approximate surface area is 135 Å². The molecule has 1 atom stereocenters. The number of rotatable bonds is 3. The lowest BCUT2D eigenvalue weighted by Crippen LogP contribution is -2.33. The minimum atomic E-state index is 0.722. The molecule has 0 aliphatic carbocycles. The lowest BCUT2D eigenvalue weighted by molar-refractivity contribution is 0.208. The molecule has 0 saturated carbocycles. The molecule has 2 aromatic heterocycles. The monoisotopic (exact) mass is 307 g/mol. The first-order valence-electron chi connectivity index (χ1n) is 8.24. The van der Waals surface area contributed by atoms with Crippen molar-refractivity contribution in [2.24, 2.45) is 5.92 Å². The molecule has 3 aromatic rings. The first kappa shape index (κ1) is 14.3. The largest absolute Gasteiger partial charge is 0.306 e. The molecule has 23 heavy (non-hydrogen) atoms. The molecule has 118 valence electrons. The molecule has 0 bridgehead atoms. The van der Waals surface area contributed by atoms with E-state index < -0.39 is 0 Å². The number of pyridine rings is 1. The van der Waals surface area contributed by atoms with Gasteiger partial charge in [0, 0.05) is 12.2 Å². The highest BCUT2D eigenvalue weighted by molar-refractivity contribution is 5.75. The van der Waals surface area contributed by atoms with Crippen molar-refractivity contribution in [3.05, 3.63) is 48.3 Å². The fourth-order valence-electron chi connectivity index (χ4n) is 3.46. The van der Waals surface area contributed by atoms with Crippen molar-refractivity contribution >= 4 is 11.0 Å². The molecule has 4 rings (SSSR count). The lowest BCUT2D eigenvalue weighted by atomic mass is 9.93. The number of fused-ring (bicyclic) bond motifs is 1. The maximum Gasteiger partial charge on any atom is 0.113 e. The zero-order chi connectivity index (χ0) is 15.6. The molecule has 5 nitrogen and oxygen atoms in total. The quantitative estimate of drug-likeness (QED) is 0.746. The number of para-hydroxylation sites is 1. The normalized spacial score (nSPS) is 19.3. The summed E-state index contributed by atoms with van der Waals surface area (Å²) in [6.45, 7) is 2.40. The Kier molecular flexibility index (Phi) is 3.79. The first-order valence-corrected chi connectivity index (χ1v) is 8.24. The molecule has 0 N–H and O–H groups in total. The van der Waals surface area contributed by atoms with Crippen molar-refractivity contribution in [3.8, 4) is 5.69 Å². The molecule has 0 radical (unpaired) electrons. The summed E-state index contributed by atoms with van der Waals surface area (Å²) in [5.41, 5.74) is 4.04. The highest BCUT2D eigenvalue weighted by atomic mass is 15.4. The van der Waals surface area contributed by atoms with E-state index in [4.69, 9.17) is 0 Å². The van der Waals surface area contributed by atoms with Crippen LogP contribution in [0.4, 0.5) is 0 Å². The topological polar surface area (TPSA) is 46.8 Å². The van der Waals surface area contributed by atoms with E-state index in [0.717, 1.165) is 29.1 Å². The van der Waals surface area contributed by atoms with Crippen molar-refractivity contribution in [1.82, 2.24) is 24.9 Å². The third kappa shape index (κ3) is 2.97. The van der Waals surface area contributed by atoms with Gasteiger partial charge >= 0.3 is 0 Å². The summed E-state index contributed by atoms with van der Waals surface area (Å²) in [4.78, 5) is 7.07. The van der Waals surface area contributed by atoms with Crippen molar-refractivity contribution in [2.45, 2.75) is 19.3 Å². The number of nitrogens with zero attached hydrogens (tertiary/aromatic N) is 5. The Morgan fingerprint density at radius 1 is 1.17 bits per heavy atom. The summed E-state index contributed by atoms with van der Waals surface area (Å²) in [5.74, 6) is 0.722. The molecular weight excluding hydrogens is 286 g/mol. The minimum absolute atomic E-state index is 0.722. The average Bonchev–Trinajstić information content (AvgIpc) is 3.00. The van der Waals surface area contributed by atoms with Gasteiger partial charge in [0.25, 0.3) is 0 Å². The Bertz CT molecular complexity index is 793. The van der Waals surface area contributed by atoms with Crippen LogP contribution in [-0.2, 0) is 6.42 Å². The van der Waals surface area contributed by atoms with Gasteiger partial charge in [-0.3, -0.25) is 4.98 Å². The van der Waals surface area contributed by atoms with Crippen LogP contribution in [0.15, 0.2) is 42.6 Å². The number of likely N-dealkylation sites (tertiary alicyclic amines) is 1. The Morgan fingerprint density at radius 2 is 2.09 bits per heavy atom. The molecule has 5 heteroatoms. The van der Waals surface area contributed by atoms with Crippen LogP contribution < -0.4 is 0 Å². The third-order valence-corrected chi connectivity index (χ3v) is 4.63. The number of piperidine rings is 1. The van der Waals surface area contributed by atoms with Gasteiger partial charge in [0.2, 0.25) is 0 Å². The van der Waals surface area contributed by atoms with Crippen molar-refractivity contribution in [2.75, 3.05) is 20.1 Å². The van der Waals surface area contributed by atoms with E-state index in [-0.39, 0.29) is 0 Å². The fourth-order valence-corrected chi connectivity index (χ4v) is 3.46. The molecule has 1 aliphatic rings. The van der Waals surface area contributed by atoms with E-state index in [2.05, 4.69) is 39.4 Å².